The average molecular weight is 291 g/mol. The van der Waals surface area contributed by atoms with Crippen molar-refractivity contribution in [1.29, 1.82) is 0 Å². The smallest absolute Gasteiger partial charge is 0.264 e. The summed E-state index contributed by atoms with van der Waals surface area (Å²) in [5.41, 5.74) is 0. The van der Waals surface area contributed by atoms with Gasteiger partial charge in [0.1, 0.15) is 0 Å². The SMILES string of the molecule is CS(=O)(=O)OCCOCCOCCBr. The van der Waals surface area contributed by atoms with Crippen molar-refractivity contribution in [1.82, 2.24) is 0 Å². The molecule has 5 nitrogen and oxygen atoms in total. The fraction of sp³-hybridized carbons (Fsp3) is 1.00. The third kappa shape index (κ3) is 12.3. The highest BCUT2D eigenvalue weighted by molar-refractivity contribution is 9.09. The van der Waals surface area contributed by atoms with Crippen LogP contribution in [-0.4, -0.2) is 53.0 Å². The second kappa shape index (κ2) is 8.60. The van der Waals surface area contributed by atoms with Gasteiger partial charge < -0.3 is 9.47 Å². The van der Waals surface area contributed by atoms with Gasteiger partial charge in [-0.25, -0.2) is 0 Å². The van der Waals surface area contributed by atoms with Gasteiger partial charge >= 0.3 is 0 Å². The number of halogens is 1. The van der Waals surface area contributed by atoms with Crippen LogP contribution in [0.3, 0.4) is 0 Å². The first-order valence-corrected chi connectivity index (χ1v) is 7.06. The van der Waals surface area contributed by atoms with Crippen molar-refractivity contribution >= 4 is 26.0 Å². The van der Waals surface area contributed by atoms with Crippen LogP contribution in [0.15, 0.2) is 0 Å². The molecule has 0 spiro atoms. The molecule has 0 amide bonds. The summed E-state index contributed by atoms with van der Waals surface area (Å²) < 4.78 is 35.6. The molecule has 0 aromatic heterocycles. The second-order valence-corrected chi connectivity index (χ2v) is 4.88. The molecule has 0 saturated heterocycles. The monoisotopic (exact) mass is 290 g/mol. The maximum absolute atomic E-state index is 10.5. The van der Waals surface area contributed by atoms with Crippen molar-refractivity contribution in [2.24, 2.45) is 0 Å². The Kier molecular flexibility index (Phi) is 8.80. The summed E-state index contributed by atoms with van der Waals surface area (Å²) in [6.45, 7) is 1.90. The first-order valence-electron chi connectivity index (χ1n) is 4.12. The highest BCUT2D eigenvalue weighted by Gasteiger charge is 1.99. The number of alkyl halides is 1. The summed E-state index contributed by atoms with van der Waals surface area (Å²) in [6.07, 6.45) is 1.01. The van der Waals surface area contributed by atoms with Crippen molar-refractivity contribution in [2.75, 3.05) is 44.6 Å². The zero-order valence-corrected chi connectivity index (χ0v) is 10.5. The molecule has 0 aliphatic carbocycles. The predicted molar refractivity (Wildman–Crippen MR) is 56.2 cm³/mol. The number of hydrogen-bond donors (Lipinski definition) is 0. The van der Waals surface area contributed by atoms with Crippen LogP contribution < -0.4 is 0 Å². The minimum atomic E-state index is -3.34. The van der Waals surface area contributed by atoms with E-state index in [-0.39, 0.29) is 13.2 Å². The normalized spacial score (nSPS) is 11.9. The van der Waals surface area contributed by atoms with E-state index in [0.29, 0.717) is 19.8 Å². The molecule has 0 aliphatic rings. The summed E-state index contributed by atoms with van der Waals surface area (Å²) in [6, 6.07) is 0. The van der Waals surface area contributed by atoms with Crippen LogP contribution in [0.1, 0.15) is 0 Å². The maximum atomic E-state index is 10.5. The Bertz CT molecular complexity index is 216. The topological polar surface area (TPSA) is 61.8 Å². The molecule has 0 heterocycles. The zero-order valence-electron chi connectivity index (χ0n) is 8.07. The Hall–Kier alpha value is 0.310. The van der Waals surface area contributed by atoms with Gasteiger partial charge in [-0.05, 0) is 0 Å². The maximum Gasteiger partial charge on any atom is 0.264 e. The molecule has 0 atom stereocenters. The number of rotatable bonds is 9. The lowest BCUT2D eigenvalue weighted by Crippen LogP contribution is -2.12. The van der Waals surface area contributed by atoms with Crippen LogP contribution in [0.25, 0.3) is 0 Å². The standard InChI is InChI=1S/C7H15BrO5S/c1-14(9,10)13-7-6-12-5-4-11-3-2-8/h2-7H2,1H3. The summed E-state index contributed by atoms with van der Waals surface area (Å²) in [4.78, 5) is 0. The first-order chi connectivity index (χ1) is 6.56. The van der Waals surface area contributed by atoms with Crippen molar-refractivity contribution in [2.45, 2.75) is 0 Å². The predicted octanol–water partition coefficient (Wildman–Crippen LogP) is 0.391. The highest BCUT2D eigenvalue weighted by Crippen LogP contribution is 1.87. The molecule has 0 saturated carbocycles. The van der Waals surface area contributed by atoms with Crippen molar-refractivity contribution < 1.29 is 22.1 Å². The molecule has 86 valence electrons. The molecule has 0 radical (unpaired) electrons. The lowest BCUT2D eigenvalue weighted by molar-refractivity contribution is 0.0424. The largest absolute Gasteiger partial charge is 0.378 e. The fourth-order valence-electron chi connectivity index (χ4n) is 0.621. The van der Waals surface area contributed by atoms with E-state index in [2.05, 4.69) is 20.1 Å². The number of hydrogen-bond acceptors (Lipinski definition) is 5. The Labute approximate surface area is 93.0 Å². The van der Waals surface area contributed by atoms with E-state index in [1.54, 1.807) is 0 Å². The van der Waals surface area contributed by atoms with Crippen LogP contribution in [0.4, 0.5) is 0 Å². The average Bonchev–Trinajstić information content (AvgIpc) is 2.08. The molecule has 7 heteroatoms. The molecule has 0 aliphatic heterocycles. The van der Waals surface area contributed by atoms with E-state index in [1.165, 1.54) is 0 Å². The quantitative estimate of drug-likeness (QED) is 0.349. The van der Waals surface area contributed by atoms with Crippen LogP contribution in [0, 0.1) is 0 Å². The highest BCUT2D eigenvalue weighted by atomic mass is 79.9. The van der Waals surface area contributed by atoms with Crippen LogP contribution >= 0.6 is 15.9 Å². The van der Waals surface area contributed by atoms with E-state index in [9.17, 15) is 8.42 Å². The molecule has 0 N–H and O–H groups in total. The third-order valence-electron chi connectivity index (χ3n) is 1.12. The van der Waals surface area contributed by atoms with Crippen molar-refractivity contribution in [3.05, 3.63) is 0 Å². The Morgan fingerprint density at radius 2 is 1.50 bits per heavy atom. The van der Waals surface area contributed by atoms with E-state index >= 15 is 0 Å². The van der Waals surface area contributed by atoms with Crippen LogP contribution in [0.2, 0.25) is 0 Å². The summed E-state index contributed by atoms with van der Waals surface area (Å²) in [5, 5.41) is 0.796. The first kappa shape index (κ1) is 14.3. The summed E-state index contributed by atoms with van der Waals surface area (Å²) in [5.74, 6) is 0. The Balaban J connectivity index is 3.07. The molecule has 0 bridgehead atoms. The molecule has 0 fully saturated rings. The van der Waals surface area contributed by atoms with Gasteiger partial charge in [0, 0.05) is 5.33 Å². The second-order valence-electron chi connectivity index (χ2n) is 2.44. The molecular weight excluding hydrogens is 276 g/mol. The molecule has 0 aromatic carbocycles. The summed E-state index contributed by atoms with van der Waals surface area (Å²) >= 11 is 3.21. The van der Waals surface area contributed by atoms with Crippen LogP contribution in [-0.2, 0) is 23.8 Å². The van der Waals surface area contributed by atoms with Gasteiger partial charge in [0.2, 0.25) is 0 Å². The Morgan fingerprint density at radius 1 is 1.00 bits per heavy atom. The minimum absolute atomic E-state index is 0.0529. The van der Waals surface area contributed by atoms with Gasteiger partial charge in [-0.3, -0.25) is 4.18 Å². The van der Waals surface area contributed by atoms with Gasteiger partial charge in [0.15, 0.2) is 0 Å². The minimum Gasteiger partial charge on any atom is -0.378 e. The van der Waals surface area contributed by atoms with E-state index in [0.717, 1.165) is 11.6 Å². The van der Waals surface area contributed by atoms with Gasteiger partial charge in [-0.1, -0.05) is 15.9 Å². The van der Waals surface area contributed by atoms with Crippen molar-refractivity contribution in [3.63, 3.8) is 0 Å². The molecular formula is C7H15BrO5S. The molecule has 0 rings (SSSR count). The summed E-state index contributed by atoms with van der Waals surface area (Å²) in [7, 11) is -3.34. The fourth-order valence-corrected chi connectivity index (χ4v) is 1.22. The lowest BCUT2D eigenvalue weighted by Gasteiger charge is -2.04. The van der Waals surface area contributed by atoms with Gasteiger partial charge in [0.05, 0.1) is 39.3 Å². The number of ether oxygens (including phenoxy) is 2. The van der Waals surface area contributed by atoms with Gasteiger partial charge in [-0.2, -0.15) is 8.42 Å². The Morgan fingerprint density at radius 3 is 2.00 bits per heavy atom. The molecule has 14 heavy (non-hydrogen) atoms. The lowest BCUT2D eigenvalue weighted by atomic mass is 10.7. The van der Waals surface area contributed by atoms with E-state index in [4.69, 9.17) is 9.47 Å². The van der Waals surface area contributed by atoms with Crippen molar-refractivity contribution in [3.8, 4) is 0 Å². The van der Waals surface area contributed by atoms with Crippen LogP contribution in [0.5, 0.6) is 0 Å². The molecule has 0 unspecified atom stereocenters. The van der Waals surface area contributed by atoms with Gasteiger partial charge in [-0.15, -0.1) is 0 Å². The van der Waals surface area contributed by atoms with E-state index in [1.807, 2.05) is 0 Å². The zero-order chi connectivity index (χ0) is 10.9. The van der Waals surface area contributed by atoms with Gasteiger partial charge in [0.25, 0.3) is 10.1 Å². The molecule has 0 aromatic rings. The third-order valence-corrected chi connectivity index (χ3v) is 2.04. The van der Waals surface area contributed by atoms with E-state index < -0.39 is 10.1 Å².